The Labute approximate surface area is 350 Å². The SMILES string of the molecule is c1cc(-c2ccc3oc4ccc(-c5cccc(-c6ccc7c8ccccc8c8ccccc8c7n6)c5)cc4c3c2)cc(-c2ccc3c4ccccc4c4ccccc4c3n2)c1. The van der Waals surface area contributed by atoms with Crippen LogP contribution >= 0.6 is 0 Å². The molecule has 3 nitrogen and oxygen atoms in total. The van der Waals surface area contributed by atoms with Crippen molar-refractivity contribution >= 4 is 86.8 Å². The maximum absolute atomic E-state index is 6.41. The maximum atomic E-state index is 6.41. The molecule has 10 aromatic carbocycles. The Kier molecular flexibility index (Phi) is 7.31. The quantitative estimate of drug-likeness (QED) is 0.167. The van der Waals surface area contributed by atoms with Gasteiger partial charge in [-0.05, 0) is 115 Å². The number of benzene rings is 10. The van der Waals surface area contributed by atoms with Crippen LogP contribution in [0.5, 0.6) is 0 Å². The molecule has 0 amide bonds. The Morgan fingerprint density at radius 3 is 0.967 bits per heavy atom. The van der Waals surface area contributed by atoms with Crippen LogP contribution in [0, 0.1) is 0 Å². The zero-order valence-electron chi connectivity index (χ0n) is 32.9. The van der Waals surface area contributed by atoms with E-state index in [2.05, 4.69) is 206 Å². The summed E-state index contributed by atoms with van der Waals surface area (Å²) in [4.78, 5) is 10.6. The van der Waals surface area contributed by atoms with Crippen molar-refractivity contribution in [1.82, 2.24) is 9.97 Å². The summed E-state index contributed by atoms with van der Waals surface area (Å²) in [6.07, 6.45) is 0. The normalized spacial score (nSPS) is 11.9. The molecule has 282 valence electrons. The predicted molar refractivity (Wildman–Crippen MR) is 256 cm³/mol. The standard InChI is InChI=1S/C58H34N2O/c1-3-19-45-41(15-1)43-17-5-7-21-47(43)57-49(45)25-27-53(59-57)39-13-9-11-35(31-39)37-23-29-55-51(33-37)52-34-38(24-30-56(52)61-55)36-12-10-14-40(32-36)54-28-26-50-46-20-4-2-16-42(46)44-18-6-8-22-48(44)58(50)60-54/h1-34H. The summed E-state index contributed by atoms with van der Waals surface area (Å²) in [6.45, 7) is 0. The molecule has 0 spiro atoms. The Bertz CT molecular complexity index is 3630. The number of fused-ring (bicyclic) bond motifs is 15. The van der Waals surface area contributed by atoms with E-state index in [0.29, 0.717) is 0 Å². The Balaban J connectivity index is 0.877. The largest absolute Gasteiger partial charge is 0.456 e. The van der Waals surface area contributed by atoms with Crippen molar-refractivity contribution in [2.75, 3.05) is 0 Å². The molecular weight excluding hydrogens is 741 g/mol. The van der Waals surface area contributed by atoms with Crippen LogP contribution < -0.4 is 0 Å². The molecule has 0 aliphatic carbocycles. The Hall–Kier alpha value is -8.14. The van der Waals surface area contributed by atoms with Crippen molar-refractivity contribution in [1.29, 1.82) is 0 Å². The topological polar surface area (TPSA) is 38.9 Å². The lowest BCUT2D eigenvalue weighted by Gasteiger charge is -2.12. The van der Waals surface area contributed by atoms with Crippen LogP contribution in [0.25, 0.3) is 132 Å². The second-order valence-corrected chi connectivity index (χ2v) is 16.1. The maximum Gasteiger partial charge on any atom is 0.135 e. The second-order valence-electron chi connectivity index (χ2n) is 16.1. The molecule has 3 heterocycles. The van der Waals surface area contributed by atoms with E-state index in [-0.39, 0.29) is 0 Å². The van der Waals surface area contributed by atoms with Gasteiger partial charge in [0.25, 0.3) is 0 Å². The van der Waals surface area contributed by atoms with Crippen molar-refractivity contribution in [2.45, 2.75) is 0 Å². The average Bonchev–Trinajstić information content (AvgIpc) is 3.71. The van der Waals surface area contributed by atoms with E-state index in [9.17, 15) is 0 Å². The van der Waals surface area contributed by atoms with Crippen LogP contribution in [0.4, 0.5) is 0 Å². The Morgan fingerprint density at radius 1 is 0.230 bits per heavy atom. The number of hydrogen-bond acceptors (Lipinski definition) is 3. The molecule has 0 aliphatic heterocycles. The fraction of sp³-hybridized carbons (Fsp3) is 0. The number of rotatable bonds is 4. The third-order valence-electron chi connectivity index (χ3n) is 12.6. The van der Waals surface area contributed by atoms with E-state index in [4.69, 9.17) is 14.4 Å². The summed E-state index contributed by atoms with van der Waals surface area (Å²) >= 11 is 0. The molecule has 0 N–H and O–H groups in total. The summed E-state index contributed by atoms with van der Waals surface area (Å²) in [7, 11) is 0. The van der Waals surface area contributed by atoms with Crippen molar-refractivity contribution in [3.05, 3.63) is 206 Å². The van der Waals surface area contributed by atoms with Gasteiger partial charge in [-0.25, -0.2) is 9.97 Å². The highest BCUT2D eigenvalue weighted by molar-refractivity contribution is 6.25. The summed E-state index contributed by atoms with van der Waals surface area (Å²) in [5.74, 6) is 0. The van der Waals surface area contributed by atoms with Gasteiger partial charge in [-0.15, -0.1) is 0 Å². The van der Waals surface area contributed by atoms with E-state index in [1.165, 1.54) is 53.9 Å². The second kappa shape index (κ2) is 13.2. The highest BCUT2D eigenvalue weighted by atomic mass is 16.3. The molecule has 0 unspecified atom stereocenters. The monoisotopic (exact) mass is 774 g/mol. The molecule has 13 aromatic rings. The van der Waals surface area contributed by atoms with E-state index >= 15 is 0 Å². The van der Waals surface area contributed by atoms with E-state index in [1.807, 2.05) is 0 Å². The van der Waals surface area contributed by atoms with Crippen molar-refractivity contribution in [3.8, 4) is 44.8 Å². The van der Waals surface area contributed by atoms with Gasteiger partial charge in [-0.2, -0.15) is 0 Å². The van der Waals surface area contributed by atoms with Gasteiger partial charge >= 0.3 is 0 Å². The van der Waals surface area contributed by atoms with Crippen LogP contribution in [-0.4, -0.2) is 9.97 Å². The first kappa shape index (κ1) is 33.8. The first-order chi connectivity index (χ1) is 30.2. The number of nitrogens with zero attached hydrogens (tertiary/aromatic N) is 2. The fourth-order valence-electron chi connectivity index (χ4n) is 9.69. The summed E-state index contributed by atoms with van der Waals surface area (Å²) < 4.78 is 6.41. The zero-order valence-corrected chi connectivity index (χ0v) is 32.9. The summed E-state index contributed by atoms with van der Waals surface area (Å²) in [5, 5.41) is 14.3. The van der Waals surface area contributed by atoms with Gasteiger partial charge in [0, 0.05) is 43.4 Å². The molecule has 0 saturated heterocycles. The highest BCUT2D eigenvalue weighted by Crippen LogP contribution is 2.40. The molecule has 0 bridgehead atoms. The minimum absolute atomic E-state index is 0.871. The van der Waals surface area contributed by atoms with Crippen molar-refractivity contribution < 1.29 is 4.42 Å². The first-order valence-corrected chi connectivity index (χ1v) is 20.8. The van der Waals surface area contributed by atoms with Gasteiger partial charge < -0.3 is 4.42 Å². The van der Waals surface area contributed by atoms with Crippen LogP contribution in [0.15, 0.2) is 211 Å². The van der Waals surface area contributed by atoms with Crippen molar-refractivity contribution in [2.24, 2.45) is 0 Å². The number of furan rings is 1. The first-order valence-electron chi connectivity index (χ1n) is 20.8. The van der Waals surface area contributed by atoms with Gasteiger partial charge in [0.2, 0.25) is 0 Å². The van der Waals surface area contributed by atoms with Gasteiger partial charge in [-0.3, -0.25) is 0 Å². The van der Waals surface area contributed by atoms with Gasteiger partial charge in [0.05, 0.1) is 22.4 Å². The van der Waals surface area contributed by atoms with Gasteiger partial charge in [0.15, 0.2) is 0 Å². The minimum atomic E-state index is 0.871. The fourth-order valence-corrected chi connectivity index (χ4v) is 9.69. The van der Waals surface area contributed by atoms with Crippen LogP contribution in [0.2, 0.25) is 0 Å². The summed E-state index contributed by atoms with van der Waals surface area (Å²) in [6, 6.07) is 73.8. The minimum Gasteiger partial charge on any atom is -0.456 e. The molecule has 0 atom stereocenters. The van der Waals surface area contributed by atoms with Gasteiger partial charge in [-0.1, -0.05) is 146 Å². The van der Waals surface area contributed by atoms with Crippen molar-refractivity contribution in [3.63, 3.8) is 0 Å². The van der Waals surface area contributed by atoms with E-state index < -0.39 is 0 Å². The van der Waals surface area contributed by atoms with E-state index in [1.54, 1.807) is 0 Å². The molecule has 13 rings (SSSR count). The molecule has 0 saturated carbocycles. The molecule has 3 heteroatoms. The Morgan fingerprint density at radius 2 is 0.557 bits per heavy atom. The highest BCUT2D eigenvalue weighted by Gasteiger charge is 2.15. The number of hydrogen-bond donors (Lipinski definition) is 0. The molecule has 0 radical (unpaired) electrons. The predicted octanol–water partition coefficient (Wildman–Crippen LogP) is 16.0. The van der Waals surface area contributed by atoms with Crippen LogP contribution in [0.3, 0.4) is 0 Å². The van der Waals surface area contributed by atoms with Crippen LogP contribution in [0.1, 0.15) is 0 Å². The number of aromatic nitrogens is 2. The molecule has 0 aliphatic rings. The van der Waals surface area contributed by atoms with E-state index in [0.717, 1.165) is 77.7 Å². The van der Waals surface area contributed by atoms with Gasteiger partial charge in [0.1, 0.15) is 11.2 Å². The smallest absolute Gasteiger partial charge is 0.135 e. The van der Waals surface area contributed by atoms with Crippen LogP contribution in [-0.2, 0) is 0 Å². The number of pyridine rings is 2. The average molecular weight is 775 g/mol. The lowest BCUT2D eigenvalue weighted by Crippen LogP contribution is -1.90. The third-order valence-corrected chi connectivity index (χ3v) is 12.6. The lowest BCUT2D eigenvalue weighted by molar-refractivity contribution is 0.669. The molecule has 0 fully saturated rings. The molecule has 3 aromatic heterocycles. The molecule has 61 heavy (non-hydrogen) atoms. The zero-order chi connectivity index (χ0) is 40.0. The molecular formula is C58H34N2O. The third kappa shape index (κ3) is 5.31. The summed E-state index contributed by atoms with van der Waals surface area (Å²) in [5.41, 5.74) is 12.4. The lowest BCUT2D eigenvalue weighted by atomic mass is 9.95.